The smallest absolute Gasteiger partial charge is 0.295 e. The average molecular weight is 384 g/mol. The van der Waals surface area contributed by atoms with E-state index in [1.54, 1.807) is 24.5 Å². The lowest BCUT2D eigenvalue weighted by Gasteiger charge is -2.38. The van der Waals surface area contributed by atoms with E-state index in [2.05, 4.69) is 9.97 Å². The molecule has 4 N–H and O–H groups in total. The minimum absolute atomic E-state index is 0.161. The van der Waals surface area contributed by atoms with Gasteiger partial charge in [-0.15, -0.1) is 0 Å². The van der Waals surface area contributed by atoms with E-state index >= 15 is 0 Å². The first kappa shape index (κ1) is 18.6. The molecule has 0 aliphatic carbocycles. The van der Waals surface area contributed by atoms with Gasteiger partial charge in [-0.2, -0.15) is 8.42 Å². The van der Waals surface area contributed by atoms with Crippen LogP contribution in [-0.4, -0.2) is 68.3 Å². The van der Waals surface area contributed by atoms with Crippen LogP contribution in [0.4, 0.5) is 0 Å². The van der Waals surface area contributed by atoms with Crippen molar-refractivity contribution in [3.8, 4) is 17.0 Å². The van der Waals surface area contributed by atoms with Gasteiger partial charge in [0.1, 0.15) is 24.1 Å². The van der Waals surface area contributed by atoms with Crippen molar-refractivity contribution in [2.45, 2.75) is 30.0 Å². The Labute approximate surface area is 148 Å². The van der Waals surface area contributed by atoms with Gasteiger partial charge in [-0.25, -0.2) is 0 Å². The van der Waals surface area contributed by atoms with E-state index in [-0.39, 0.29) is 5.75 Å². The zero-order valence-electron chi connectivity index (χ0n) is 13.2. The van der Waals surface area contributed by atoms with E-state index in [0.717, 1.165) is 5.56 Å². The first-order valence-corrected chi connectivity index (χ1v) is 8.97. The number of pyridine rings is 2. The molecule has 3 rings (SSSR count). The lowest BCUT2D eigenvalue weighted by Crippen LogP contribution is -2.61. The van der Waals surface area contributed by atoms with Gasteiger partial charge in [0.05, 0.1) is 5.69 Å². The number of aliphatic hydroxyl groups is 3. The molecule has 26 heavy (non-hydrogen) atoms. The number of aromatic nitrogens is 2. The molecule has 1 saturated heterocycles. The third-order valence-electron chi connectivity index (χ3n) is 3.78. The van der Waals surface area contributed by atoms with Crippen LogP contribution in [0.2, 0.25) is 0 Å². The molecule has 10 nitrogen and oxygen atoms in total. The monoisotopic (exact) mass is 384 g/mol. The first-order chi connectivity index (χ1) is 12.3. The van der Waals surface area contributed by atoms with Gasteiger partial charge in [0.15, 0.2) is 0 Å². The van der Waals surface area contributed by atoms with Gasteiger partial charge in [0, 0.05) is 30.2 Å². The molecule has 1 aliphatic heterocycles. The second kappa shape index (κ2) is 7.23. The number of ether oxygens (including phenoxy) is 2. The molecule has 0 aromatic carbocycles. The second-order valence-electron chi connectivity index (χ2n) is 5.59. The summed E-state index contributed by atoms with van der Waals surface area (Å²) < 4.78 is 42.0. The van der Waals surface area contributed by atoms with Crippen LogP contribution in [-0.2, 0) is 14.9 Å². The maximum absolute atomic E-state index is 11.3. The Morgan fingerprint density at radius 1 is 1.00 bits per heavy atom. The van der Waals surface area contributed by atoms with Gasteiger partial charge in [-0.05, 0) is 18.2 Å². The van der Waals surface area contributed by atoms with E-state index in [9.17, 15) is 23.7 Å². The van der Waals surface area contributed by atoms with E-state index in [4.69, 9.17) is 14.0 Å². The summed E-state index contributed by atoms with van der Waals surface area (Å²) in [5.41, 5.74) is -0.906. The standard InChI is InChI=1S/C15H16N2O8S/c18-11-12(19)14(25-15(13(11)20)26(21,22)23)24-9-3-6-17-10(7-9)8-1-4-16-5-2-8/h1-7,11-15,18-20H,(H,21,22,23)/t11-,12-,13+,14-,15?/m1/s1. The summed E-state index contributed by atoms with van der Waals surface area (Å²) in [5, 5.41) is 29.5. The quantitative estimate of drug-likeness (QED) is 0.490. The highest BCUT2D eigenvalue weighted by Gasteiger charge is 2.50. The van der Waals surface area contributed by atoms with Crippen LogP contribution in [0, 0.1) is 0 Å². The molecule has 2 aromatic heterocycles. The molecular formula is C15H16N2O8S. The number of hydrogen-bond acceptors (Lipinski definition) is 9. The Balaban J connectivity index is 1.84. The van der Waals surface area contributed by atoms with Crippen molar-refractivity contribution in [1.82, 2.24) is 9.97 Å². The summed E-state index contributed by atoms with van der Waals surface area (Å²) in [6.45, 7) is 0. The van der Waals surface area contributed by atoms with Crippen LogP contribution < -0.4 is 4.74 Å². The number of nitrogens with zero attached hydrogens (tertiary/aromatic N) is 2. The lowest BCUT2D eigenvalue weighted by molar-refractivity contribution is -0.254. The second-order valence-corrected chi connectivity index (χ2v) is 7.08. The maximum Gasteiger partial charge on any atom is 0.295 e. The van der Waals surface area contributed by atoms with Crippen molar-refractivity contribution in [1.29, 1.82) is 0 Å². The van der Waals surface area contributed by atoms with Crippen LogP contribution in [0.15, 0.2) is 42.9 Å². The summed E-state index contributed by atoms with van der Waals surface area (Å²) in [6, 6.07) is 6.37. The molecule has 0 spiro atoms. The average Bonchev–Trinajstić information content (AvgIpc) is 2.62. The molecule has 11 heteroatoms. The van der Waals surface area contributed by atoms with Crippen LogP contribution in [0.3, 0.4) is 0 Å². The predicted octanol–water partition coefficient (Wildman–Crippen LogP) is -0.825. The lowest BCUT2D eigenvalue weighted by atomic mass is 10.1. The molecule has 0 bridgehead atoms. The Morgan fingerprint density at radius 3 is 2.35 bits per heavy atom. The molecule has 140 valence electrons. The van der Waals surface area contributed by atoms with Gasteiger partial charge < -0.3 is 24.8 Å². The molecule has 0 radical (unpaired) electrons. The van der Waals surface area contributed by atoms with Crippen LogP contribution in [0.5, 0.6) is 5.75 Å². The van der Waals surface area contributed by atoms with Crippen molar-refractivity contribution >= 4 is 10.1 Å². The summed E-state index contributed by atoms with van der Waals surface area (Å²) in [7, 11) is -4.85. The van der Waals surface area contributed by atoms with E-state index in [1.807, 2.05) is 0 Å². The van der Waals surface area contributed by atoms with E-state index in [1.165, 1.54) is 18.3 Å². The topological polar surface area (TPSA) is 159 Å². The zero-order chi connectivity index (χ0) is 18.9. The highest BCUT2D eigenvalue weighted by atomic mass is 32.2. The van der Waals surface area contributed by atoms with Gasteiger partial charge >= 0.3 is 0 Å². The molecule has 3 heterocycles. The molecule has 1 aliphatic rings. The summed E-state index contributed by atoms with van der Waals surface area (Å²) in [5.74, 6) is 0.161. The normalized spacial score (nSPS) is 29.3. The SMILES string of the molecule is O=S(=O)(O)C1O[C@@H](Oc2ccnc(-c3ccncc3)c2)[C@H](O)[C@@H](O)[C@@H]1O. The Hall–Kier alpha value is -2.15. The van der Waals surface area contributed by atoms with Gasteiger partial charge in [0.2, 0.25) is 11.7 Å². The van der Waals surface area contributed by atoms with Gasteiger partial charge in [-0.1, -0.05) is 0 Å². The van der Waals surface area contributed by atoms with E-state index in [0.29, 0.717) is 5.69 Å². The number of rotatable bonds is 4. The fourth-order valence-corrected chi connectivity index (χ4v) is 3.22. The predicted molar refractivity (Wildman–Crippen MR) is 86.3 cm³/mol. The van der Waals surface area contributed by atoms with Gasteiger partial charge in [-0.3, -0.25) is 14.5 Å². The summed E-state index contributed by atoms with van der Waals surface area (Å²) in [6.07, 6.45) is -2.76. The maximum atomic E-state index is 11.3. The van der Waals surface area contributed by atoms with Crippen LogP contribution in [0.1, 0.15) is 0 Å². The van der Waals surface area contributed by atoms with Crippen molar-refractivity contribution in [2.75, 3.05) is 0 Å². The molecular weight excluding hydrogens is 368 g/mol. The van der Waals surface area contributed by atoms with Gasteiger partial charge in [0.25, 0.3) is 10.1 Å². The number of hydrogen-bond donors (Lipinski definition) is 4. The molecule has 5 atom stereocenters. The number of aliphatic hydroxyl groups excluding tert-OH is 3. The Morgan fingerprint density at radius 2 is 1.69 bits per heavy atom. The van der Waals surface area contributed by atoms with Crippen molar-refractivity contribution < 1.29 is 37.8 Å². The first-order valence-electron chi connectivity index (χ1n) is 7.46. The van der Waals surface area contributed by atoms with Crippen molar-refractivity contribution in [3.05, 3.63) is 42.9 Å². The fourth-order valence-electron chi connectivity index (χ4n) is 2.46. The van der Waals surface area contributed by atoms with Crippen molar-refractivity contribution in [2.24, 2.45) is 0 Å². The molecule has 0 saturated carbocycles. The largest absolute Gasteiger partial charge is 0.462 e. The highest BCUT2D eigenvalue weighted by Crippen LogP contribution is 2.28. The third kappa shape index (κ3) is 3.82. The fraction of sp³-hybridized carbons (Fsp3) is 0.333. The van der Waals surface area contributed by atoms with Crippen LogP contribution in [0.25, 0.3) is 11.3 Å². The molecule has 1 unspecified atom stereocenters. The zero-order valence-corrected chi connectivity index (χ0v) is 14.0. The molecule has 2 aromatic rings. The summed E-state index contributed by atoms with van der Waals surface area (Å²) in [4.78, 5) is 8.07. The molecule has 1 fully saturated rings. The van der Waals surface area contributed by atoms with E-state index < -0.39 is 40.2 Å². The molecule has 0 amide bonds. The summed E-state index contributed by atoms with van der Waals surface area (Å²) >= 11 is 0. The van der Waals surface area contributed by atoms with Crippen LogP contribution >= 0.6 is 0 Å². The highest BCUT2D eigenvalue weighted by molar-refractivity contribution is 7.86. The Bertz CT molecular complexity index is 863. The third-order valence-corrected chi connectivity index (χ3v) is 4.76. The minimum atomic E-state index is -4.85. The minimum Gasteiger partial charge on any atom is -0.462 e. The van der Waals surface area contributed by atoms with Crippen molar-refractivity contribution in [3.63, 3.8) is 0 Å². The Kier molecular flexibility index (Phi) is 5.18.